The Morgan fingerprint density at radius 3 is 2.46 bits per heavy atom. The molecule has 1 fully saturated rings. The highest BCUT2D eigenvalue weighted by molar-refractivity contribution is 5.89. The highest BCUT2D eigenvalue weighted by atomic mass is 16.5. The number of nitrogens with one attached hydrogen (secondary N) is 2. The van der Waals surface area contributed by atoms with Gasteiger partial charge in [0.25, 0.3) is 0 Å². The first-order valence-electron chi connectivity index (χ1n) is 9.26. The molecule has 1 atom stereocenters. The van der Waals surface area contributed by atoms with Gasteiger partial charge in [-0.15, -0.1) is 0 Å². The lowest BCUT2D eigenvalue weighted by atomic mass is 10.2. The van der Waals surface area contributed by atoms with Crippen molar-refractivity contribution in [1.82, 2.24) is 5.32 Å². The van der Waals surface area contributed by atoms with E-state index in [2.05, 4.69) is 15.5 Å². The predicted molar refractivity (Wildman–Crippen MR) is 109 cm³/mol. The summed E-state index contributed by atoms with van der Waals surface area (Å²) in [5.74, 6) is 1.29. The summed E-state index contributed by atoms with van der Waals surface area (Å²) in [6.45, 7) is 2.27. The number of carbonyl (C=O) groups is 1. The lowest BCUT2D eigenvalue weighted by Crippen LogP contribution is -2.28. The summed E-state index contributed by atoms with van der Waals surface area (Å²) in [7, 11) is 4.93. The quantitative estimate of drug-likeness (QED) is 0.766. The average molecular weight is 385 g/mol. The first-order valence-corrected chi connectivity index (χ1v) is 9.26. The molecule has 0 bridgehead atoms. The molecule has 150 valence electrons. The SMILES string of the molecule is COc1ccc(CNC(=O)Nc2ccc(N3CC[C@@H](OC)C3)cc2)cc1OC. The van der Waals surface area contributed by atoms with Gasteiger partial charge < -0.3 is 29.7 Å². The van der Waals surface area contributed by atoms with E-state index in [1.807, 2.05) is 42.5 Å². The van der Waals surface area contributed by atoms with Crippen LogP contribution >= 0.6 is 0 Å². The zero-order valence-corrected chi connectivity index (χ0v) is 16.5. The molecule has 2 aromatic carbocycles. The first kappa shape index (κ1) is 19.8. The van der Waals surface area contributed by atoms with Crippen LogP contribution in [0.5, 0.6) is 11.5 Å². The number of ether oxygens (including phenoxy) is 3. The van der Waals surface area contributed by atoms with Gasteiger partial charge in [-0.25, -0.2) is 4.79 Å². The maximum absolute atomic E-state index is 12.2. The molecule has 1 aliphatic rings. The third kappa shape index (κ3) is 4.86. The second kappa shape index (κ2) is 9.32. The first-order chi connectivity index (χ1) is 13.6. The molecule has 7 nitrogen and oxygen atoms in total. The Morgan fingerprint density at radius 2 is 1.82 bits per heavy atom. The van der Waals surface area contributed by atoms with Crippen molar-refractivity contribution in [2.45, 2.75) is 19.1 Å². The maximum atomic E-state index is 12.2. The van der Waals surface area contributed by atoms with Gasteiger partial charge in [0.1, 0.15) is 0 Å². The average Bonchev–Trinajstić information content (AvgIpc) is 3.22. The van der Waals surface area contributed by atoms with Gasteiger partial charge in [-0.3, -0.25) is 0 Å². The summed E-state index contributed by atoms with van der Waals surface area (Å²) in [5, 5.41) is 5.70. The van der Waals surface area contributed by atoms with Crippen molar-refractivity contribution >= 4 is 17.4 Å². The molecule has 1 heterocycles. The standard InChI is InChI=1S/C21H27N3O4/c1-26-18-10-11-24(14-18)17-7-5-16(6-8-17)23-21(25)22-13-15-4-9-19(27-2)20(12-15)28-3/h4-9,12,18H,10-11,13-14H2,1-3H3,(H2,22,23,25)/t18-/m1/s1. The summed E-state index contributed by atoms with van der Waals surface area (Å²) in [4.78, 5) is 14.5. The summed E-state index contributed by atoms with van der Waals surface area (Å²) >= 11 is 0. The molecule has 3 rings (SSSR count). The van der Waals surface area contributed by atoms with E-state index in [0.717, 1.165) is 36.4 Å². The molecule has 0 saturated carbocycles. The monoisotopic (exact) mass is 385 g/mol. The predicted octanol–water partition coefficient (Wildman–Crippen LogP) is 3.25. The minimum Gasteiger partial charge on any atom is -0.493 e. The molecule has 0 radical (unpaired) electrons. The van der Waals surface area contributed by atoms with Crippen LogP contribution in [0.3, 0.4) is 0 Å². The summed E-state index contributed by atoms with van der Waals surface area (Å²) < 4.78 is 15.9. The van der Waals surface area contributed by atoms with Gasteiger partial charge in [0.2, 0.25) is 0 Å². The lowest BCUT2D eigenvalue weighted by Gasteiger charge is -2.18. The van der Waals surface area contributed by atoms with E-state index in [9.17, 15) is 4.79 Å². The number of nitrogens with zero attached hydrogens (tertiary/aromatic N) is 1. The molecule has 2 amide bonds. The molecular weight excluding hydrogens is 358 g/mol. The van der Waals surface area contributed by atoms with Crippen LogP contribution in [-0.4, -0.2) is 46.6 Å². The number of anilines is 2. The van der Waals surface area contributed by atoms with Crippen LogP contribution < -0.4 is 25.0 Å². The van der Waals surface area contributed by atoms with E-state index < -0.39 is 0 Å². The number of carbonyl (C=O) groups excluding carboxylic acids is 1. The highest BCUT2D eigenvalue weighted by Crippen LogP contribution is 2.27. The van der Waals surface area contributed by atoms with Crippen LogP contribution in [0.1, 0.15) is 12.0 Å². The van der Waals surface area contributed by atoms with Gasteiger partial charge in [-0.1, -0.05) is 6.07 Å². The van der Waals surface area contributed by atoms with Gasteiger partial charge in [0.15, 0.2) is 11.5 Å². The molecule has 0 spiro atoms. The second-order valence-corrected chi connectivity index (χ2v) is 6.64. The summed E-state index contributed by atoms with van der Waals surface area (Å²) in [6, 6.07) is 13.1. The third-order valence-electron chi connectivity index (χ3n) is 4.87. The van der Waals surface area contributed by atoms with Crippen molar-refractivity contribution in [2.75, 3.05) is 44.6 Å². The van der Waals surface area contributed by atoms with E-state index in [1.54, 1.807) is 21.3 Å². The second-order valence-electron chi connectivity index (χ2n) is 6.64. The summed E-state index contributed by atoms with van der Waals surface area (Å²) in [5.41, 5.74) is 2.80. The Morgan fingerprint density at radius 1 is 1.07 bits per heavy atom. The van der Waals surface area contributed by atoms with E-state index in [-0.39, 0.29) is 6.03 Å². The molecule has 28 heavy (non-hydrogen) atoms. The largest absolute Gasteiger partial charge is 0.493 e. The van der Waals surface area contributed by atoms with Crippen LogP contribution in [0.25, 0.3) is 0 Å². The normalized spacial score (nSPS) is 16.0. The van der Waals surface area contributed by atoms with Crippen LogP contribution in [0.4, 0.5) is 16.2 Å². The number of methoxy groups -OCH3 is 3. The van der Waals surface area contributed by atoms with Gasteiger partial charge in [-0.2, -0.15) is 0 Å². The number of amides is 2. The van der Waals surface area contributed by atoms with Crippen molar-refractivity contribution in [3.8, 4) is 11.5 Å². The van der Waals surface area contributed by atoms with Crippen molar-refractivity contribution < 1.29 is 19.0 Å². The molecule has 1 aliphatic heterocycles. The van der Waals surface area contributed by atoms with E-state index in [0.29, 0.717) is 24.1 Å². The highest BCUT2D eigenvalue weighted by Gasteiger charge is 2.22. The Balaban J connectivity index is 1.51. The number of rotatable bonds is 7. The topological polar surface area (TPSA) is 72.1 Å². The molecule has 2 aromatic rings. The maximum Gasteiger partial charge on any atom is 0.319 e. The molecule has 2 N–H and O–H groups in total. The Hall–Kier alpha value is -2.93. The minimum atomic E-state index is -0.261. The molecular formula is C21H27N3O4. The van der Waals surface area contributed by atoms with E-state index in [1.165, 1.54) is 0 Å². The van der Waals surface area contributed by atoms with E-state index in [4.69, 9.17) is 14.2 Å². The fraction of sp³-hybridized carbons (Fsp3) is 0.381. The van der Waals surface area contributed by atoms with E-state index >= 15 is 0 Å². The van der Waals surface area contributed by atoms with Crippen molar-refractivity contribution in [2.24, 2.45) is 0 Å². The Labute approximate surface area is 165 Å². The zero-order valence-electron chi connectivity index (χ0n) is 16.5. The molecule has 0 aliphatic carbocycles. The number of hydrogen-bond donors (Lipinski definition) is 2. The Bertz CT molecular complexity index is 795. The number of urea groups is 1. The third-order valence-corrected chi connectivity index (χ3v) is 4.87. The molecule has 7 heteroatoms. The van der Waals surface area contributed by atoms with Crippen molar-refractivity contribution in [1.29, 1.82) is 0 Å². The van der Waals surface area contributed by atoms with Crippen LogP contribution in [0.15, 0.2) is 42.5 Å². The summed E-state index contributed by atoms with van der Waals surface area (Å²) in [6.07, 6.45) is 1.33. The molecule has 0 aromatic heterocycles. The van der Waals surface area contributed by atoms with Crippen LogP contribution in [0, 0.1) is 0 Å². The van der Waals surface area contributed by atoms with Crippen LogP contribution in [-0.2, 0) is 11.3 Å². The zero-order chi connectivity index (χ0) is 19.9. The number of benzene rings is 2. The fourth-order valence-electron chi connectivity index (χ4n) is 3.26. The van der Waals surface area contributed by atoms with Crippen molar-refractivity contribution in [3.05, 3.63) is 48.0 Å². The number of hydrogen-bond acceptors (Lipinski definition) is 5. The lowest BCUT2D eigenvalue weighted by molar-refractivity contribution is 0.121. The van der Waals surface area contributed by atoms with Crippen molar-refractivity contribution in [3.63, 3.8) is 0 Å². The fourth-order valence-corrected chi connectivity index (χ4v) is 3.26. The van der Waals surface area contributed by atoms with Gasteiger partial charge in [0, 0.05) is 38.1 Å². The smallest absolute Gasteiger partial charge is 0.319 e. The molecule has 1 saturated heterocycles. The van der Waals surface area contributed by atoms with Gasteiger partial charge in [0.05, 0.1) is 20.3 Å². The molecule has 0 unspecified atom stereocenters. The van der Waals surface area contributed by atoms with Gasteiger partial charge in [-0.05, 0) is 48.4 Å². The van der Waals surface area contributed by atoms with Crippen LogP contribution in [0.2, 0.25) is 0 Å². The van der Waals surface area contributed by atoms with Gasteiger partial charge >= 0.3 is 6.03 Å². The minimum absolute atomic E-state index is 0.261. The Kier molecular flexibility index (Phi) is 6.60.